The predicted octanol–water partition coefficient (Wildman–Crippen LogP) is 2.86. The van der Waals surface area contributed by atoms with E-state index >= 15 is 0 Å². The molecular formula is C17H18N4O3. The van der Waals surface area contributed by atoms with E-state index < -0.39 is 4.92 Å². The van der Waals surface area contributed by atoms with E-state index in [0.29, 0.717) is 16.1 Å². The first-order valence-corrected chi connectivity index (χ1v) is 8.03. The van der Waals surface area contributed by atoms with E-state index in [4.69, 9.17) is 0 Å². The van der Waals surface area contributed by atoms with Gasteiger partial charge in [-0.3, -0.25) is 10.1 Å². The van der Waals surface area contributed by atoms with Gasteiger partial charge in [-0.1, -0.05) is 37.7 Å². The molecule has 0 radical (unpaired) electrons. The van der Waals surface area contributed by atoms with Crippen LogP contribution in [0.3, 0.4) is 0 Å². The van der Waals surface area contributed by atoms with Gasteiger partial charge in [-0.05, 0) is 18.3 Å². The van der Waals surface area contributed by atoms with Gasteiger partial charge in [0.2, 0.25) is 11.5 Å². The molecule has 2 aromatic rings. The Morgan fingerprint density at radius 3 is 2.79 bits per heavy atom. The molecule has 0 spiro atoms. The third kappa shape index (κ3) is 1.69. The predicted molar refractivity (Wildman–Crippen MR) is 86.2 cm³/mol. The Morgan fingerprint density at radius 1 is 1.33 bits per heavy atom. The van der Waals surface area contributed by atoms with E-state index in [1.54, 1.807) is 12.1 Å². The number of nitro groups is 1. The maximum atomic E-state index is 12.6. The number of rotatable bonds is 2. The first-order chi connectivity index (χ1) is 11.3. The summed E-state index contributed by atoms with van der Waals surface area (Å²) < 4.78 is 0. The van der Waals surface area contributed by atoms with Crippen LogP contribution in [0.2, 0.25) is 0 Å². The van der Waals surface area contributed by atoms with Crippen molar-refractivity contribution in [3.63, 3.8) is 0 Å². The van der Waals surface area contributed by atoms with E-state index in [0.717, 1.165) is 18.5 Å². The SMILES string of the molecule is CC12CCC(c3c1nc(-c1cccc([N+](=O)[O-])c1)n[n+]3[O-])C2(C)C. The molecule has 1 fully saturated rings. The molecule has 0 saturated heterocycles. The van der Waals surface area contributed by atoms with E-state index in [1.807, 2.05) is 0 Å². The molecule has 2 bridgehead atoms. The molecule has 2 unspecified atom stereocenters. The number of nitrogens with zero attached hydrogens (tertiary/aromatic N) is 4. The molecule has 2 aliphatic carbocycles. The molecule has 2 atom stereocenters. The first kappa shape index (κ1) is 15.0. The van der Waals surface area contributed by atoms with Gasteiger partial charge in [0.15, 0.2) is 0 Å². The number of nitro benzene ring substituents is 1. The van der Waals surface area contributed by atoms with Crippen LogP contribution in [0.15, 0.2) is 24.3 Å². The maximum Gasteiger partial charge on any atom is 0.270 e. The van der Waals surface area contributed by atoms with Gasteiger partial charge in [-0.25, -0.2) is 4.98 Å². The number of hydrogen-bond acceptors (Lipinski definition) is 5. The zero-order valence-electron chi connectivity index (χ0n) is 13.8. The van der Waals surface area contributed by atoms with Gasteiger partial charge in [0.05, 0.1) is 10.8 Å². The van der Waals surface area contributed by atoms with Crippen molar-refractivity contribution >= 4 is 5.69 Å². The number of aromatic nitrogens is 3. The highest BCUT2D eigenvalue weighted by Crippen LogP contribution is 2.66. The second-order valence-electron chi connectivity index (χ2n) is 7.49. The van der Waals surface area contributed by atoms with Crippen molar-refractivity contribution in [3.8, 4) is 11.4 Å². The number of benzene rings is 1. The van der Waals surface area contributed by atoms with Crippen LogP contribution in [-0.2, 0) is 5.41 Å². The fourth-order valence-electron chi connectivity index (χ4n) is 4.40. The minimum Gasteiger partial charge on any atom is -0.594 e. The van der Waals surface area contributed by atoms with Crippen LogP contribution in [0, 0.1) is 20.7 Å². The highest BCUT2D eigenvalue weighted by Gasteiger charge is 2.65. The topological polar surface area (TPSA) is 95.9 Å². The fourth-order valence-corrected chi connectivity index (χ4v) is 4.40. The van der Waals surface area contributed by atoms with Crippen LogP contribution in [0.25, 0.3) is 11.4 Å². The molecule has 0 aliphatic heterocycles. The summed E-state index contributed by atoms with van der Waals surface area (Å²) in [6, 6.07) is 6.09. The quantitative estimate of drug-likeness (QED) is 0.366. The minimum atomic E-state index is -0.464. The third-order valence-electron chi connectivity index (χ3n) is 6.25. The molecule has 0 N–H and O–H groups in total. The Hall–Kier alpha value is -2.57. The number of fused-ring (bicyclic) bond motifs is 5. The normalized spacial score (nSPS) is 26.4. The summed E-state index contributed by atoms with van der Waals surface area (Å²) in [5.74, 6) is 0.409. The van der Waals surface area contributed by atoms with Crippen LogP contribution < -0.4 is 4.85 Å². The van der Waals surface area contributed by atoms with E-state index in [2.05, 4.69) is 30.9 Å². The summed E-state index contributed by atoms with van der Waals surface area (Å²) >= 11 is 0. The molecule has 7 heteroatoms. The van der Waals surface area contributed by atoms with Crippen molar-refractivity contribution in [3.05, 3.63) is 51.0 Å². The van der Waals surface area contributed by atoms with Gasteiger partial charge in [-0.2, -0.15) is 0 Å². The molecular weight excluding hydrogens is 308 g/mol. The summed E-state index contributed by atoms with van der Waals surface area (Å²) in [5, 5.41) is 27.6. The Kier molecular flexibility index (Phi) is 2.81. The average molecular weight is 326 g/mol. The maximum absolute atomic E-state index is 12.6. The second kappa shape index (κ2) is 4.49. The summed E-state index contributed by atoms with van der Waals surface area (Å²) in [6.45, 7) is 6.52. The summed E-state index contributed by atoms with van der Waals surface area (Å²) in [7, 11) is 0. The zero-order valence-corrected chi connectivity index (χ0v) is 13.8. The van der Waals surface area contributed by atoms with Gasteiger partial charge in [0.25, 0.3) is 5.69 Å². The zero-order chi connectivity index (χ0) is 17.3. The number of non-ortho nitro benzene ring substituents is 1. The molecule has 2 aliphatic rings. The highest BCUT2D eigenvalue weighted by molar-refractivity contribution is 5.59. The summed E-state index contributed by atoms with van der Waals surface area (Å²) in [6.07, 6.45) is 1.96. The van der Waals surface area contributed by atoms with E-state index in [9.17, 15) is 15.3 Å². The van der Waals surface area contributed by atoms with Crippen molar-refractivity contribution in [2.45, 2.75) is 44.9 Å². The molecule has 4 rings (SSSR count). The molecule has 1 saturated carbocycles. The molecule has 124 valence electrons. The molecule has 1 aromatic carbocycles. The lowest BCUT2D eigenvalue weighted by molar-refractivity contribution is -0.678. The Balaban J connectivity index is 1.90. The van der Waals surface area contributed by atoms with Crippen LogP contribution in [0.1, 0.15) is 50.9 Å². The monoisotopic (exact) mass is 326 g/mol. The Morgan fingerprint density at radius 2 is 2.08 bits per heavy atom. The van der Waals surface area contributed by atoms with Crippen LogP contribution in [0.4, 0.5) is 5.69 Å². The minimum absolute atomic E-state index is 0.0397. The Bertz CT molecular complexity index is 880. The second-order valence-corrected chi connectivity index (χ2v) is 7.49. The van der Waals surface area contributed by atoms with Crippen molar-refractivity contribution in [2.75, 3.05) is 0 Å². The van der Waals surface area contributed by atoms with Crippen molar-refractivity contribution < 1.29 is 9.77 Å². The smallest absolute Gasteiger partial charge is 0.270 e. The lowest BCUT2D eigenvalue weighted by Crippen LogP contribution is -2.40. The van der Waals surface area contributed by atoms with Gasteiger partial charge in [0, 0.05) is 28.2 Å². The van der Waals surface area contributed by atoms with Crippen LogP contribution >= 0.6 is 0 Å². The van der Waals surface area contributed by atoms with Gasteiger partial charge in [0.1, 0.15) is 5.69 Å². The highest BCUT2D eigenvalue weighted by atomic mass is 16.6. The Labute approximate surface area is 139 Å². The van der Waals surface area contributed by atoms with E-state index in [-0.39, 0.29) is 28.3 Å². The molecule has 7 nitrogen and oxygen atoms in total. The molecule has 1 aromatic heterocycles. The first-order valence-electron chi connectivity index (χ1n) is 8.03. The van der Waals surface area contributed by atoms with Crippen molar-refractivity contribution in [1.29, 1.82) is 0 Å². The fraction of sp³-hybridized carbons (Fsp3) is 0.471. The van der Waals surface area contributed by atoms with Gasteiger partial charge in [-0.15, -0.1) is 0 Å². The average Bonchev–Trinajstić information content (AvgIpc) is 2.87. The summed E-state index contributed by atoms with van der Waals surface area (Å²) in [5.41, 5.74) is 1.70. The largest absolute Gasteiger partial charge is 0.594 e. The molecule has 0 amide bonds. The molecule has 1 heterocycles. The van der Waals surface area contributed by atoms with E-state index in [1.165, 1.54) is 12.1 Å². The molecule has 24 heavy (non-hydrogen) atoms. The standard InChI is InChI=1S/C17H18N4O3/c1-16(2)12-7-8-17(16,3)14-13(12)20(22)19-15(18-14)10-5-4-6-11(9-10)21(23)24/h4-6,9,12H,7-8H2,1-3H3. The van der Waals surface area contributed by atoms with Gasteiger partial charge < -0.3 is 5.21 Å². The third-order valence-corrected chi connectivity index (χ3v) is 6.25. The number of hydrogen-bond donors (Lipinski definition) is 0. The van der Waals surface area contributed by atoms with Crippen molar-refractivity contribution in [2.24, 2.45) is 5.41 Å². The van der Waals surface area contributed by atoms with Crippen LogP contribution in [-0.4, -0.2) is 15.0 Å². The summed E-state index contributed by atoms with van der Waals surface area (Å²) in [4.78, 5) is 15.9. The lowest BCUT2D eigenvalue weighted by Gasteiger charge is -2.33. The van der Waals surface area contributed by atoms with Gasteiger partial charge >= 0.3 is 0 Å². The van der Waals surface area contributed by atoms with Crippen molar-refractivity contribution in [1.82, 2.24) is 10.1 Å². The van der Waals surface area contributed by atoms with Crippen LogP contribution in [0.5, 0.6) is 0 Å². The lowest BCUT2D eigenvalue weighted by atomic mass is 9.70.